The van der Waals surface area contributed by atoms with Crippen LogP contribution in [0.5, 0.6) is 0 Å². The van der Waals surface area contributed by atoms with Gasteiger partial charge in [0.25, 0.3) is 11.8 Å². The van der Waals surface area contributed by atoms with Crippen LogP contribution in [0.1, 0.15) is 63.6 Å². The lowest BCUT2D eigenvalue weighted by Gasteiger charge is -2.39. The first-order valence-corrected chi connectivity index (χ1v) is 9.37. The molecule has 1 fully saturated rings. The molecule has 30 heavy (non-hydrogen) atoms. The summed E-state index contributed by atoms with van der Waals surface area (Å²) in [6, 6.07) is 7.70. The van der Waals surface area contributed by atoms with Crippen LogP contribution in [0, 0.1) is 0 Å². The number of carbonyl (C=O) groups excluding carboxylic acids is 4. The minimum absolute atomic E-state index is 0.0362. The number of imide groups is 1. The van der Waals surface area contributed by atoms with E-state index in [4.69, 9.17) is 9.57 Å². The van der Waals surface area contributed by atoms with Crippen molar-refractivity contribution in [3.8, 4) is 0 Å². The Morgan fingerprint density at radius 2 is 1.70 bits per heavy atom. The van der Waals surface area contributed by atoms with Crippen molar-refractivity contribution in [3.63, 3.8) is 0 Å². The van der Waals surface area contributed by atoms with Crippen molar-refractivity contribution < 1.29 is 28.8 Å². The highest BCUT2D eigenvalue weighted by Crippen LogP contribution is 2.28. The summed E-state index contributed by atoms with van der Waals surface area (Å²) in [5.41, 5.74) is 0.350. The second-order valence-electron chi connectivity index (χ2n) is 8.12. The van der Waals surface area contributed by atoms with Crippen LogP contribution in [0.15, 0.2) is 30.3 Å². The van der Waals surface area contributed by atoms with Crippen molar-refractivity contribution in [2.45, 2.75) is 32.3 Å². The van der Waals surface area contributed by atoms with Gasteiger partial charge in [-0.2, -0.15) is 5.10 Å². The third-order valence-electron chi connectivity index (χ3n) is 4.71. The molecule has 10 heteroatoms. The third-order valence-corrected chi connectivity index (χ3v) is 4.71. The number of hydrogen-bond donors (Lipinski definition) is 1. The summed E-state index contributed by atoms with van der Waals surface area (Å²) in [5, 5.41) is 7.09. The number of likely N-dealkylation sites (tertiary alicyclic amines) is 1. The van der Waals surface area contributed by atoms with Gasteiger partial charge in [0.15, 0.2) is 5.69 Å². The summed E-state index contributed by atoms with van der Waals surface area (Å²) in [6.07, 6.45) is -0.400. The molecule has 3 amide bonds. The summed E-state index contributed by atoms with van der Waals surface area (Å²) in [6.45, 7) is 6.23. The molecule has 1 saturated heterocycles. The average molecular weight is 412 g/mol. The maximum atomic E-state index is 12.4. The van der Waals surface area contributed by atoms with E-state index in [1.54, 1.807) is 37.8 Å². The average Bonchev–Trinajstić information content (AvgIpc) is 3.19. The van der Waals surface area contributed by atoms with Gasteiger partial charge in [-0.1, -0.05) is 17.2 Å². The number of ether oxygens (including phenoxy) is 1. The Bertz CT molecular complexity index is 1010. The van der Waals surface area contributed by atoms with Crippen molar-refractivity contribution in [2.24, 2.45) is 0 Å². The third kappa shape index (κ3) is 3.51. The van der Waals surface area contributed by atoms with Gasteiger partial charge >= 0.3 is 12.1 Å². The van der Waals surface area contributed by atoms with E-state index in [9.17, 15) is 19.2 Å². The van der Waals surface area contributed by atoms with Crippen LogP contribution in [-0.4, -0.2) is 62.7 Å². The molecule has 10 nitrogen and oxygen atoms in total. The number of benzene rings is 1. The molecule has 2 aromatic rings. The van der Waals surface area contributed by atoms with Gasteiger partial charge in [0, 0.05) is 24.7 Å². The van der Waals surface area contributed by atoms with E-state index in [-0.39, 0.29) is 22.7 Å². The minimum atomic E-state index is -0.935. The molecule has 0 aliphatic carbocycles. The summed E-state index contributed by atoms with van der Waals surface area (Å²) >= 11 is 0. The Hall–Kier alpha value is -3.69. The van der Waals surface area contributed by atoms with Crippen LogP contribution in [0.3, 0.4) is 0 Å². The second-order valence-corrected chi connectivity index (χ2v) is 8.12. The zero-order valence-corrected chi connectivity index (χ0v) is 16.7. The first-order valence-electron chi connectivity index (χ1n) is 9.37. The van der Waals surface area contributed by atoms with E-state index in [0.717, 1.165) is 0 Å². The molecule has 4 rings (SSSR count). The Balaban J connectivity index is 1.36. The standard InChI is InChI=1S/C20H20N4O6/c1-20(2,3)29-19(28)23-9-11(10-23)14-8-15(22-21-14)18(27)30-24-16(25)12-6-4-5-7-13(12)17(24)26/h4-8,11H,9-10H2,1-3H3,(H,21,22). The van der Waals surface area contributed by atoms with Crippen molar-refractivity contribution in [3.05, 3.63) is 52.8 Å². The summed E-state index contributed by atoms with van der Waals surface area (Å²) in [4.78, 5) is 55.5. The van der Waals surface area contributed by atoms with Gasteiger partial charge < -0.3 is 14.5 Å². The normalized spacial score (nSPS) is 16.4. The maximum absolute atomic E-state index is 12.4. The van der Waals surface area contributed by atoms with Gasteiger partial charge in [0.05, 0.1) is 11.1 Å². The molecule has 2 aliphatic rings. The van der Waals surface area contributed by atoms with Gasteiger partial charge in [-0.15, -0.1) is 0 Å². The highest BCUT2D eigenvalue weighted by molar-refractivity contribution is 6.21. The number of H-pyrrole nitrogens is 1. The summed E-state index contributed by atoms with van der Waals surface area (Å²) < 4.78 is 5.31. The number of nitrogens with zero attached hydrogens (tertiary/aromatic N) is 3. The Kier molecular flexibility index (Phi) is 4.56. The molecule has 1 aromatic heterocycles. The van der Waals surface area contributed by atoms with E-state index in [1.165, 1.54) is 18.2 Å². The van der Waals surface area contributed by atoms with Crippen LogP contribution in [0.25, 0.3) is 0 Å². The van der Waals surface area contributed by atoms with Crippen LogP contribution in [-0.2, 0) is 9.57 Å². The van der Waals surface area contributed by atoms with E-state index in [0.29, 0.717) is 23.8 Å². The fourth-order valence-corrected chi connectivity index (χ4v) is 3.18. The number of amides is 3. The number of hydrogen-bond acceptors (Lipinski definition) is 7. The van der Waals surface area contributed by atoms with Crippen LogP contribution in [0.4, 0.5) is 4.79 Å². The van der Waals surface area contributed by atoms with Crippen molar-refractivity contribution in [1.82, 2.24) is 20.2 Å². The SMILES string of the molecule is CC(C)(C)OC(=O)N1CC(c2cc(C(=O)ON3C(=O)c4ccccc4C3=O)n[nH]2)C1. The smallest absolute Gasteiger partial charge is 0.410 e. The molecule has 2 aliphatic heterocycles. The predicted octanol–water partition coefficient (Wildman–Crippen LogP) is 2.11. The Morgan fingerprint density at radius 1 is 1.10 bits per heavy atom. The molecular formula is C20H20N4O6. The van der Waals surface area contributed by atoms with Gasteiger partial charge in [0.2, 0.25) is 0 Å². The van der Waals surface area contributed by atoms with Crippen LogP contribution < -0.4 is 0 Å². The first kappa shape index (κ1) is 19.6. The lowest BCUT2D eigenvalue weighted by atomic mass is 9.97. The molecule has 3 heterocycles. The van der Waals surface area contributed by atoms with E-state index < -0.39 is 29.5 Å². The lowest BCUT2D eigenvalue weighted by molar-refractivity contribution is -0.0588. The number of rotatable bonds is 3. The van der Waals surface area contributed by atoms with Crippen LogP contribution >= 0.6 is 0 Å². The number of aromatic amines is 1. The minimum Gasteiger partial charge on any atom is -0.444 e. The monoisotopic (exact) mass is 412 g/mol. The first-order chi connectivity index (χ1) is 14.1. The molecule has 0 radical (unpaired) electrons. The fraction of sp³-hybridized carbons (Fsp3) is 0.350. The Morgan fingerprint density at radius 3 is 2.27 bits per heavy atom. The molecule has 0 bridgehead atoms. The molecule has 0 unspecified atom stereocenters. The molecule has 1 N–H and O–H groups in total. The van der Waals surface area contributed by atoms with Gasteiger partial charge in [0.1, 0.15) is 5.60 Å². The van der Waals surface area contributed by atoms with E-state index >= 15 is 0 Å². The van der Waals surface area contributed by atoms with E-state index in [1.807, 2.05) is 0 Å². The van der Waals surface area contributed by atoms with Gasteiger partial charge in [-0.05, 0) is 39.0 Å². The number of hydroxylamine groups is 2. The zero-order chi connectivity index (χ0) is 21.6. The number of fused-ring (bicyclic) bond motifs is 1. The predicted molar refractivity (Wildman–Crippen MR) is 101 cm³/mol. The van der Waals surface area contributed by atoms with Crippen molar-refractivity contribution >= 4 is 23.9 Å². The second kappa shape index (κ2) is 6.97. The fourth-order valence-electron chi connectivity index (χ4n) is 3.18. The molecule has 156 valence electrons. The van der Waals surface area contributed by atoms with Crippen LogP contribution in [0.2, 0.25) is 0 Å². The topological polar surface area (TPSA) is 122 Å². The maximum Gasteiger partial charge on any atom is 0.410 e. The largest absolute Gasteiger partial charge is 0.444 e. The summed E-state index contributed by atoms with van der Waals surface area (Å²) in [7, 11) is 0. The summed E-state index contributed by atoms with van der Waals surface area (Å²) in [5.74, 6) is -2.38. The van der Waals surface area contributed by atoms with Crippen molar-refractivity contribution in [2.75, 3.05) is 13.1 Å². The molecule has 0 atom stereocenters. The molecule has 0 saturated carbocycles. The molecular weight excluding hydrogens is 392 g/mol. The highest BCUT2D eigenvalue weighted by Gasteiger charge is 2.40. The number of nitrogens with one attached hydrogen (secondary N) is 1. The molecule has 1 aromatic carbocycles. The lowest BCUT2D eigenvalue weighted by Crippen LogP contribution is -2.50. The quantitative estimate of drug-likeness (QED) is 0.766. The highest BCUT2D eigenvalue weighted by atomic mass is 16.7. The molecule has 0 spiro atoms. The number of carbonyl (C=O) groups is 4. The Labute approximate surface area is 171 Å². The van der Waals surface area contributed by atoms with Crippen molar-refractivity contribution in [1.29, 1.82) is 0 Å². The van der Waals surface area contributed by atoms with Gasteiger partial charge in [-0.25, -0.2) is 9.59 Å². The van der Waals surface area contributed by atoms with Gasteiger partial charge in [-0.3, -0.25) is 14.7 Å². The zero-order valence-electron chi connectivity index (χ0n) is 16.7. The van der Waals surface area contributed by atoms with E-state index in [2.05, 4.69) is 10.2 Å². The number of aromatic nitrogens is 2.